The summed E-state index contributed by atoms with van der Waals surface area (Å²) in [6.45, 7) is 2.05. The Bertz CT molecular complexity index is 407. The number of benzene rings is 1. The summed E-state index contributed by atoms with van der Waals surface area (Å²) in [4.78, 5) is 4.28. The third-order valence-electron chi connectivity index (χ3n) is 2.35. The summed E-state index contributed by atoms with van der Waals surface area (Å²) >= 11 is 0. The van der Waals surface area contributed by atoms with Gasteiger partial charge in [-0.2, -0.15) is 0 Å². The molecule has 0 aliphatic heterocycles. The zero-order valence-corrected chi connectivity index (χ0v) is 8.27. The Labute approximate surface area is 84.4 Å². The summed E-state index contributed by atoms with van der Waals surface area (Å²) in [7, 11) is 0. The summed E-state index contributed by atoms with van der Waals surface area (Å²) < 4.78 is 0. The van der Waals surface area contributed by atoms with Crippen LogP contribution >= 0.6 is 0 Å². The third kappa shape index (κ3) is 1.99. The van der Waals surface area contributed by atoms with Gasteiger partial charge in [0.2, 0.25) is 0 Å². The molecular formula is C13H13N. The second-order valence-corrected chi connectivity index (χ2v) is 3.41. The van der Waals surface area contributed by atoms with Crippen LogP contribution in [0.3, 0.4) is 0 Å². The fourth-order valence-corrected chi connectivity index (χ4v) is 1.52. The molecule has 1 nitrogen and oxygen atoms in total. The molecule has 0 saturated carbocycles. The van der Waals surface area contributed by atoms with Crippen LogP contribution in [0.25, 0.3) is 0 Å². The molecular weight excluding hydrogens is 170 g/mol. The van der Waals surface area contributed by atoms with E-state index in [0.717, 1.165) is 12.1 Å². The molecule has 0 saturated heterocycles. The van der Waals surface area contributed by atoms with E-state index in [9.17, 15) is 0 Å². The molecule has 0 radical (unpaired) electrons. The molecule has 0 amide bonds. The summed E-state index contributed by atoms with van der Waals surface area (Å²) in [6.07, 6.45) is 2.81. The molecule has 0 N–H and O–H groups in total. The molecule has 70 valence electrons. The quantitative estimate of drug-likeness (QED) is 0.697. The minimum absolute atomic E-state index is 0.973. The monoisotopic (exact) mass is 183 g/mol. The van der Waals surface area contributed by atoms with Crippen molar-refractivity contribution in [2.45, 2.75) is 13.3 Å². The highest BCUT2D eigenvalue weighted by atomic mass is 14.7. The molecule has 0 spiro atoms. The lowest BCUT2D eigenvalue weighted by molar-refractivity contribution is 1.08. The Morgan fingerprint density at radius 1 is 1.00 bits per heavy atom. The van der Waals surface area contributed by atoms with Gasteiger partial charge in [0.25, 0.3) is 0 Å². The minimum atomic E-state index is 0.973. The van der Waals surface area contributed by atoms with Gasteiger partial charge in [-0.3, -0.25) is 4.98 Å². The van der Waals surface area contributed by atoms with Crippen molar-refractivity contribution >= 4 is 0 Å². The standard InChI is InChI=1S/C13H13N/c1-11-13(8-5-9-14-11)10-12-6-3-2-4-7-12/h2-9H,10H2,1H3. The topological polar surface area (TPSA) is 12.9 Å². The molecule has 1 heteroatoms. The fourth-order valence-electron chi connectivity index (χ4n) is 1.52. The van der Waals surface area contributed by atoms with E-state index in [1.54, 1.807) is 0 Å². The van der Waals surface area contributed by atoms with Crippen molar-refractivity contribution in [3.8, 4) is 0 Å². The van der Waals surface area contributed by atoms with Gasteiger partial charge in [-0.15, -0.1) is 0 Å². The second kappa shape index (κ2) is 4.05. The number of pyridine rings is 1. The molecule has 0 atom stereocenters. The van der Waals surface area contributed by atoms with Crippen molar-refractivity contribution in [3.63, 3.8) is 0 Å². The van der Waals surface area contributed by atoms with Gasteiger partial charge in [0, 0.05) is 11.9 Å². The molecule has 0 bridgehead atoms. The molecule has 1 heterocycles. The van der Waals surface area contributed by atoms with Crippen LogP contribution in [0.4, 0.5) is 0 Å². The van der Waals surface area contributed by atoms with Crippen molar-refractivity contribution in [1.29, 1.82) is 0 Å². The van der Waals surface area contributed by atoms with Gasteiger partial charge >= 0.3 is 0 Å². The summed E-state index contributed by atoms with van der Waals surface area (Å²) in [5.41, 5.74) is 3.76. The lowest BCUT2D eigenvalue weighted by atomic mass is 10.0. The maximum absolute atomic E-state index is 4.28. The molecule has 1 aromatic heterocycles. The highest BCUT2D eigenvalue weighted by Gasteiger charge is 1.98. The Morgan fingerprint density at radius 3 is 2.50 bits per heavy atom. The van der Waals surface area contributed by atoms with Gasteiger partial charge in [-0.25, -0.2) is 0 Å². The molecule has 0 aliphatic rings. The van der Waals surface area contributed by atoms with E-state index in [0.29, 0.717) is 0 Å². The molecule has 2 rings (SSSR count). The van der Waals surface area contributed by atoms with Crippen molar-refractivity contribution in [2.24, 2.45) is 0 Å². The Kier molecular flexibility index (Phi) is 2.59. The molecule has 1 aromatic carbocycles. The van der Waals surface area contributed by atoms with Crippen LogP contribution in [0.15, 0.2) is 48.7 Å². The number of rotatable bonds is 2. The van der Waals surface area contributed by atoms with Gasteiger partial charge < -0.3 is 0 Å². The number of hydrogen-bond acceptors (Lipinski definition) is 1. The maximum atomic E-state index is 4.28. The zero-order chi connectivity index (χ0) is 9.80. The highest BCUT2D eigenvalue weighted by molar-refractivity contribution is 5.27. The first-order valence-electron chi connectivity index (χ1n) is 4.80. The van der Waals surface area contributed by atoms with Crippen molar-refractivity contribution in [1.82, 2.24) is 4.98 Å². The fraction of sp³-hybridized carbons (Fsp3) is 0.154. The van der Waals surface area contributed by atoms with E-state index in [4.69, 9.17) is 0 Å². The highest BCUT2D eigenvalue weighted by Crippen LogP contribution is 2.10. The normalized spacial score (nSPS) is 10.1. The maximum Gasteiger partial charge on any atom is 0.0407 e. The molecule has 0 unspecified atom stereocenters. The van der Waals surface area contributed by atoms with E-state index in [2.05, 4.69) is 42.2 Å². The molecule has 0 aliphatic carbocycles. The molecule has 0 fully saturated rings. The number of aromatic nitrogens is 1. The predicted molar refractivity (Wildman–Crippen MR) is 58.2 cm³/mol. The Balaban J connectivity index is 2.24. The van der Waals surface area contributed by atoms with Crippen LogP contribution in [-0.2, 0) is 6.42 Å². The van der Waals surface area contributed by atoms with E-state index < -0.39 is 0 Å². The van der Waals surface area contributed by atoms with Gasteiger partial charge in [-0.05, 0) is 30.5 Å². The second-order valence-electron chi connectivity index (χ2n) is 3.41. The average Bonchev–Trinajstić information content (AvgIpc) is 2.23. The largest absolute Gasteiger partial charge is 0.261 e. The number of hydrogen-bond donors (Lipinski definition) is 0. The van der Waals surface area contributed by atoms with Gasteiger partial charge in [0.05, 0.1) is 0 Å². The summed E-state index contributed by atoms with van der Waals surface area (Å²) in [6, 6.07) is 14.6. The van der Waals surface area contributed by atoms with Crippen molar-refractivity contribution in [3.05, 3.63) is 65.5 Å². The van der Waals surface area contributed by atoms with E-state index in [1.807, 2.05) is 18.3 Å². The minimum Gasteiger partial charge on any atom is -0.261 e. The average molecular weight is 183 g/mol. The first-order chi connectivity index (χ1) is 6.86. The van der Waals surface area contributed by atoms with Crippen LogP contribution in [-0.4, -0.2) is 4.98 Å². The first kappa shape index (κ1) is 8.95. The number of nitrogens with zero attached hydrogens (tertiary/aromatic N) is 1. The van der Waals surface area contributed by atoms with Crippen LogP contribution in [0.5, 0.6) is 0 Å². The lowest BCUT2D eigenvalue weighted by Gasteiger charge is -2.03. The van der Waals surface area contributed by atoms with Gasteiger partial charge in [-0.1, -0.05) is 36.4 Å². The summed E-state index contributed by atoms with van der Waals surface area (Å²) in [5.74, 6) is 0. The van der Waals surface area contributed by atoms with Crippen LogP contribution < -0.4 is 0 Å². The zero-order valence-electron chi connectivity index (χ0n) is 8.27. The molecule has 14 heavy (non-hydrogen) atoms. The van der Waals surface area contributed by atoms with Crippen LogP contribution in [0.2, 0.25) is 0 Å². The smallest absolute Gasteiger partial charge is 0.0407 e. The van der Waals surface area contributed by atoms with Crippen molar-refractivity contribution < 1.29 is 0 Å². The summed E-state index contributed by atoms with van der Waals surface area (Å²) in [5, 5.41) is 0. The van der Waals surface area contributed by atoms with Crippen LogP contribution in [0, 0.1) is 6.92 Å². The van der Waals surface area contributed by atoms with E-state index in [-0.39, 0.29) is 0 Å². The van der Waals surface area contributed by atoms with E-state index >= 15 is 0 Å². The van der Waals surface area contributed by atoms with Gasteiger partial charge in [0.15, 0.2) is 0 Å². The predicted octanol–water partition coefficient (Wildman–Crippen LogP) is 2.98. The Morgan fingerprint density at radius 2 is 1.79 bits per heavy atom. The Hall–Kier alpha value is -1.63. The number of aryl methyl sites for hydroxylation is 1. The third-order valence-corrected chi connectivity index (χ3v) is 2.35. The van der Waals surface area contributed by atoms with Crippen molar-refractivity contribution in [2.75, 3.05) is 0 Å². The van der Waals surface area contributed by atoms with E-state index in [1.165, 1.54) is 11.1 Å². The van der Waals surface area contributed by atoms with Gasteiger partial charge in [0.1, 0.15) is 0 Å². The molecule has 2 aromatic rings. The first-order valence-corrected chi connectivity index (χ1v) is 4.80. The van der Waals surface area contributed by atoms with Crippen LogP contribution in [0.1, 0.15) is 16.8 Å². The SMILES string of the molecule is Cc1ncccc1Cc1ccccc1. The lowest BCUT2D eigenvalue weighted by Crippen LogP contribution is -1.93.